The van der Waals surface area contributed by atoms with Crippen LogP contribution in [-0.2, 0) is 22.4 Å². The van der Waals surface area contributed by atoms with Gasteiger partial charge in [-0.25, -0.2) is 4.39 Å². The second kappa shape index (κ2) is 8.78. The Balaban J connectivity index is 1.59. The van der Waals surface area contributed by atoms with Crippen LogP contribution in [0.15, 0.2) is 78.4 Å². The average molecular weight is 458 g/mol. The van der Waals surface area contributed by atoms with E-state index in [1.807, 2.05) is 37.3 Å². The van der Waals surface area contributed by atoms with Crippen molar-refractivity contribution in [3.8, 4) is 5.75 Å². The first kappa shape index (κ1) is 21.9. The predicted molar refractivity (Wildman–Crippen MR) is 126 cm³/mol. The Morgan fingerprint density at radius 3 is 2.56 bits per heavy atom. The highest BCUT2D eigenvalue weighted by molar-refractivity contribution is 6.46. The predicted octanol–water partition coefficient (Wildman–Crippen LogP) is 4.81. The standard InChI is InChI=1S/C28H24FNO4/c1-17-15-20-16-19(11-12-23(20)34-17)26(31)24-25(21-9-5-6-10-22(21)29)30(28(33)27(24)32)14-13-18-7-3-2-4-8-18/h2-12,16-17,25,31H,13-15H2,1H3/b26-24+. The van der Waals surface area contributed by atoms with E-state index in [-0.39, 0.29) is 29.5 Å². The summed E-state index contributed by atoms with van der Waals surface area (Å²) in [4.78, 5) is 27.6. The van der Waals surface area contributed by atoms with Gasteiger partial charge < -0.3 is 14.7 Å². The molecule has 34 heavy (non-hydrogen) atoms. The van der Waals surface area contributed by atoms with Crippen LogP contribution in [0, 0.1) is 5.82 Å². The maximum Gasteiger partial charge on any atom is 0.295 e. The van der Waals surface area contributed by atoms with Crippen molar-refractivity contribution in [1.82, 2.24) is 4.90 Å². The highest BCUT2D eigenvalue weighted by atomic mass is 19.1. The van der Waals surface area contributed by atoms with Gasteiger partial charge in [0.2, 0.25) is 0 Å². The molecule has 3 aromatic rings. The Kier molecular flexibility index (Phi) is 5.65. The van der Waals surface area contributed by atoms with Crippen LogP contribution in [0.3, 0.4) is 0 Å². The maximum atomic E-state index is 14.9. The lowest BCUT2D eigenvalue weighted by Gasteiger charge is -2.25. The molecular formula is C28H24FNO4. The normalized spacial score (nSPS) is 20.9. The molecule has 2 aliphatic heterocycles. The summed E-state index contributed by atoms with van der Waals surface area (Å²) < 4.78 is 20.7. The SMILES string of the molecule is CC1Cc2cc(/C(O)=C3\C(=O)C(=O)N(CCc4ccccc4)C3c3ccccc3F)ccc2O1. The van der Waals surface area contributed by atoms with Crippen molar-refractivity contribution in [1.29, 1.82) is 0 Å². The lowest BCUT2D eigenvalue weighted by Crippen LogP contribution is -2.32. The summed E-state index contributed by atoms with van der Waals surface area (Å²) >= 11 is 0. The van der Waals surface area contributed by atoms with Crippen LogP contribution in [0.25, 0.3) is 5.76 Å². The number of likely N-dealkylation sites (tertiary alicyclic amines) is 1. The second-order valence-corrected chi connectivity index (χ2v) is 8.70. The Morgan fingerprint density at radius 2 is 1.79 bits per heavy atom. The van der Waals surface area contributed by atoms with Crippen LogP contribution in [0.1, 0.15) is 35.2 Å². The first-order chi connectivity index (χ1) is 16.4. The van der Waals surface area contributed by atoms with E-state index in [4.69, 9.17) is 4.74 Å². The first-order valence-electron chi connectivity index (χ1n) is 11.3. The number of hydrogen-bond acceptors (Lipinski definition) is 4. The Hall–Kier alpha value is -3.93. The molecule has 1 fully saturated rings. The van der Waals surface area contributed by atoms with Crippen LogP contribution in [0.4, 0.5) is 4.39 Å². The number of rotatable bonds is 5. The third-order valence-electron chi connectivity index (χ3n) is 6.39. The Bertz CT molecular complexity index is 1300. The molecule has 2 atom stereocenters. The van der Waals surface area contributed by atoms with Gasteiger partial charge in [-0.3, -0.25) is 9.59 Å². The van der Waals surface area contributed by atoms with Gasteiger partial charge in [0.25, 0.3) is 11.7 Å². The molecule has 172 valence electrons. The van der Waals surface area contributed by atoms with Gasteiger partial charge >= 0.3 is 0 Å². The monoisotopic (exact) mass is 457 g/mol. The van der Waals surface area contributed by atoms with Crippen LogP contribution in [0.5, 0.6) is 5.75 Å². The first-order valence-corrected chi connectivity index (χ1v) is 11.3. The summed E-state index contributed by atoms with van der Waals surface area (Å²) in [5.74, 6) is -1.68. The molecule has 0 spiro atoms. The molecule has 3 aromatic carbocycles. The second-order valence-electron chi connectivity index (χ2n) is 8.70. The number of ether oxygens (including phenoxy) is 1. The highest BCUT2D eigenvalue weighted by Crippen LogP contribution is 2.41. The summed E-state index contributed by atoms with van der Waals surface area (Å²) in [5, 5.41) is 11.2. The van der Waals surface area contributed by atoms with E-state index in [1.54, 1.807) is 36.4 Å². The number of amides is 1. The Labute approximate surface area is 197 Å². The third-order valence-corrected chi connectivity index (χ3v) is 6.39. The summed E-state index contributed by atoms with van der Waals surface area (Å²) in [6.45, 7) is 2.16. The van der Waals surface area contributed by atoms with Gasteiger partial charge in [0.1, 0.15) is 23.4 Å². The number of halogens is 1. The molecule has 2 heterocycles. The fourth-order valence-corrected chi connectivity index (χ4v) is 4.75. The molecule has 2 aliphatic rings. The van der Waals surface area contributed by atoms with Gasteiger partial charge in [-0.1, -0.05) is 48.5 Å². The summed E-state index contributed by atoms with van der Waals surface area (Å²) in [7, 11) is 0. The van der Waals surface area contributed by atoms with E-state index in [0.717, 1.165) is 16.9 Å². The van der Waals surface area contributed by atoms with Gasteiger partial charge in [0.15, 0.2) is 0 Å². The van der Waals surface area contributed by atoms with Crippen molar-refractivity contribution in [2.24, 2.45) is 0 Å². The number of carbonyl (C=O) groups is 2. The molecule has 0 aliphatic carbocycles. The van der Waals surface area contributed by atoms with E-state index >= 15 is 0 Å². The van der Waals surface area contributed by atoms with Crippen LogP contribution < -0.4 is 4.74 Å². The van der Waals surface area contributed by atoms with E-state index in [9.17, 15) is 19.1 Å². The lowest BCUT2D eigenvalue weighted by molar-refractivity contribution is -0.139. The van der Waals surface area contributed by atoms with Gasteiger partial charge in [0.05, 0.1) is 11.6 Å². The molecule has 5 rings (SSSR count). The number of nitrogens with zero attached hydrogens (tertiary/aromatic N) is 1. The zero-order valence-electron chi connectivity index (χ0n) is 18.7. The molecule has 0 aromatic heterocycles. The van der Waals surface area contributed by atoms with Crippen molar-refractivity contribution >= 4 is 17.4 Å². The average Bonchev–Trinajstić information content (AvgIpc) is 3.33. The number of ketones is 1. The van der Waals surface area contributed by atoms with E-state index < -0.39 is 23.5 Å². The van der Waals surface area contributed by atoms with Crippen molar-refractivity contribution < 1.29 is 23.8 Å². The van der Waals surface area contributed by atoms with Crippen molar-refractivity contribution in [2.75, 3.05) is 6.54 Å². The molecular weight excluding hydrogens is 433 g/mol. The van der Waals surface area contributed by atoms with E-state index in [1.165, 1.54) is 11.0 Å². The molecule has 0 bridgehead atoms. The minimum atomic E-state index is -1.02. The summed E-state index contributed by atoms with van der Waals surface area (Å²) in [5.41, 5.74) is 2.38. The fraction of sp³-hybridized carbons (Fsp3) is 0.214. The molecule has 1 N–H and O–H groups in total. The van der Waals surface area contributed by atoms with Gasteiger partial charge in [-0.2, -0.15) is 0 Å². The maximum absolute atomic E-state index is 14.9. The highest BCUT2D eigenvalue weighted by Gasteiger charge is 2.46. The minimum Gasteiger partial charge on any atom is -0.507 e. The largest absolute Gasteiger partial charge is 0.507 e. The van der Waals surface area contributed by atoms with Crippen molar-refractivity contribution in [3.63, 3.8) is 0 Å². The zero-order chi connectivity index (χ0) is 23.8. The van der Waals surface area contributed by atoms with Crippen LogP contribution in [-0.4, -0.2) is 34.3 Å². The molecule has 6 heteroatoms. The molecule has 0 saturated carbocycles. The number of aliphatic hydroxyl groups excluding tert-OH is 1. The number of hydrogen-bond donors (Lipinski definition) is 1. The number of carbonyl (C=O) groups excluding carboxylic acids is 2. The minimum absolute atomic E-state index is 0.0226. The number of benzene rings is 3. The number of Topliss-reactive ketones (excluding diaryl/α,β-unsaturated/α-hetero) is 1. The summed E-state index contributed by atoms with van der Waals surface area (Å²) in [6, 6.07) is 19.8. The smallest absolute Gasteiger partial charge is 0.295 e. The summed E-state index contributed by atoms with van der Waals surface area (Å²) in [6.07, 6.45) is 1.19. The number of fused-ring (bicyclic) bond motifs is 1. The van der Waals surface area contributed by atoms with Crippen LogP contribution in [0.2, 0.25) is 0 Å². The van der Waals surface area contributed by atoms with E-state index in [2.05, 4.69) is 0 Å². The van der Waals surface area contributed by atoms with Gasteiger partial charge in [0, 0.05) is 24.1 Å². The van der Waals surface area contributed by atoms with Crippen LogP contribution >= 0.6 is 0 Å². The van der Waals surface area contributed by atoms with Crippen molar-refractivity contribution in [3.05, 3.63) is 106 Å². The zero-order valence-corrected chi connectivity index (χ0v) is 18.7. The molecule has 1 saturated heterocycles. The molecule has 1 amide bonds. The quantitative estimate of drug-likeness (QED) is 0.339. The fourth-order valence-electron chi connectivity index (χ4n) is 4.75. The van der Waals surface area contributed by atoms with Gasteiger partial charge in [-0.15, -0.1) is 0 Å². The molecule has 2 unspecified atom stereocenters. The third kappa shape index (κ3) is 3.85. The van der Waals surface area contributed by atoms with E-state index in [0.29, 0.717) is 18.4 Å². The molecule has 0 radical (unpaired) electrons. The lowest BCUT2D eigenvalue weighted by atomic mass is 9.94. The Morgan fingerprint density at radius 1 is 1.06 bits per heavy atom. The topological polar surface area (TPSA) is 66.8 Å². The number of aliphatic hydroxyl groups is 1. The van der Waals surface area contributed by atoms with Crippen molar-refractivity contribution in [2.45, 2.75) is 31.9 Å². The van der Waals surface area contributed by atoms with Gasteiger partial charge in [-0.05, 0) is 48.7 Å². The molecule has 5 nitrogen and oxygen atoms in total.